The van der Waals surface area contributed by atoms with Gasteiger partial charge in [0.2, 0.25) is 10.0 Å². The zero-order valence-corrected chi connectivity index (χ0v) is 12.9. The van der Waals surface area contributed by atoms with Crippen molar-refractivity contribution in [1.29, 1.82) is 0 Å². The first-order valence-electron chi connectivity index (χ1n) is 6.45. The van der Waals surface area contributed by atoms with Crippen molar-refractivity contribution in [2.24, 2.45) is 0 Å². The molecule has 1 aromatic rings. The highest BCUT2D eigenvalue weighted by molar-refractivity contribution is 8.00. The lowest BCUT2D eigenvalue weighted by Gasteiger charge is -2.29. The van der Waals surface area contributed by atoms with Crippen LogP contribution in [0.2, 0.25) is 0 Å². The van der Waals surface area contributed by atoms with E-state index in [-0.39, 0.29) is 0 Å². The van der Waals surface area contributed by atoms with Crippen LogP contribution in [0.15, 0.2) is 23.1 Å². The average molecular weight is 300 g/mol. The third-order valence-corrected chi connectivity index (χ3v) is 6.34. The zero-order valence-electron chi connectivity index (χ0n) is 11.3. The predicted octanol–water partition coefficient (Wildman–Crippen LogP) is 1.96. The van der Waals surface area contributed by atoms with Gasteiger partial charge in [-0.2, -0.15) is 16.1 Å². The van der Waals surface area contributed by atoms with Crippen LogP contribution in [0.3, 0.4) is 0 Å². The molecule has 0 amide bonds. The molecule has 0 spiro atoms. The molecule has 0 bridgehead atoms. The van der Waals surface area contributed by atoms with E-state index < -0.39 is 10.0 Å². The number of rotatable bonds is 3. The number of hydrogen-bond donors (Lipinski definition) is 1. The molecule has 0 radical (unpaired) electrons. The van der Waals surface area contributed by atoms with Crippen LogP contribution in [0, 0.1) is 0 Å². The highest BCUT2D eigenvalue weighted by atomic mass is 32.2. The van der Waals surface area contributed by atoms with Crippen molar-refractivity contribution < 1.29 is 8.42 Å². The fourth-order valence-electron chi connectivity index (χ4n) is 2.21. The van der Waals surface area contributed by atoms with E-state index in [2.05, 4.69) is 6.92 Å². The van der Waals surface area contributed by atoms with Crippen LogP contribution in [0.4, 0.5) is 5.69 Å². The van der Waals surface area contributed by atoms with Crippen LogP contribution in [-0.2, 0) is 16.4 Å². The molecule has 0 aromatic heterocycles. The molecule has 1 aromatic carbocycles. The summed E-state index contributed by atoms with van der Waals surface area (Å²) in [6, 6.07) is 5.06. The SMILES string of the molecule is CCc1ccc(S(=O)(=O)N2CCSC(C)C2)cc1N. The number of benzene rings is 1. The molecule has 1 saturated heterocycles. The van der Waals surface area contributed by atoms with Gasteiger partial charge in [-0.05, 0) is 24.1 Å². The summed E-state index contributed by atoms with van der Waals surface area (Å²) in [5, 5.41) is 0.343. The Balaban J connectivity index is 2.31. The summed E-state index contributed by atoms with van der Waals surface area (Å²) in [4.78, 5) is 0.307. The van der Waals surface area contributed by atoms with E-state index in [1.807, 2.05) is 24.8 Å². The number of sulfonamides is 1. The molecule has 106 valence electrons. The number of thioether (sulfide) groups is 1. The summed E-state index contributed by atoms with van der Waals surface area (Å²) in [6.07, 6.45) is 0.809. The van der Waals surface area contributed by atoms with E-state index in [1.54, 1.807) is 16.4 Å². The molecule has 2 rings (SSSR count). The molecule has 0 saturated carbocycles. The highest BCUT2D eigenvalue weighted by Gasteiger charge is 2.29. The first-order chi connectivity index (χ1) is 8.95. The second-order valence-corrected chi connectivity index (χ2v) is 8.24. The van der Waals surface area contributed by atoms with Crippen LogP contribution in [-0.4, -0.2) is 36.8 Å². The molecule has 1 unspecified atom stereocenters. The van der Waals surface area contributed by atoms with Crippen molar-refractivity contribution in [2.75, 3.05) is 24.6 Å². The molecule has 4 nitrogen and oxygen atoms in total. The quantitative estimate of drug-likeness (QED) is 0.867. The highest BCUT2D eigenvalue weighted by Crippen LogP contribution is 2.26. The van der Waals surface area contributed by atoms with E-state index in [4.69, 9.17) is 5.73 Å². The van der Waals surface area contributed by atoms with Crippen molar-refractivity contribution in [1.82, 2.24) is 4.31 Å². The van der Waals surface area contributed by atoms with E-state index in [0.29, 0.717) is 28.9 Å². The van der Waals surface area contributed by atoms with Gasteiger partial charge >= 0.3 is 0 Å². The summed E-state index contributed by atoms with van der Waals surface area (Å²) < 4.78 is 26.7. The normalized spacial score (nSPS) is 21.5. The second-order valence-electron chi connectivity index (χ2n) is 4.76. The van der Waals surface area contributed by atoms with Gasteiger partial charge in [0, 0.05) is 29.8 Å². The Bertz CT molecular complexity index is 558. The Labute approximate surface area is 119 Å². The number of nitrogens with two attached hydrogens (primary N) is 1. The minimum Gasteiger partial charge on any atom is -0.398 e. The van der Waals surface area contributed by atoms with Gasteiger partial charge in [0.1, 0.15) is 0 Å². The van der Waals surface area contributed by atoms with Gasteiger partial charge in [-0.15, -0.1) is 0 Å². The fourth-order valence-corrected chi connectivity index (χ4v) is 5.00. The molecule has 2 N–H and O–H groups in total. The van der Waals surface area contributed by atoms with Gasteiger partial charge in [0.25, 0.3) is 0 Å². The van der Waals surface area contributed by atoms with E-state index in [9.17, 15) is 8.42 Å². The molecule has 1 aliphatic heterocycles. The van der Waals surface area contributed by atoms with Crippen molar-refractivity contribution in [3.63, 3.8) is 0 Å². The molecular formula is C13H20N2O2S2. The Morgan fingerprint density at radius 3 is 2.79 bits per heavy atom. The maximum atomic E-state index is 12.5. The number of anilines is 1. The first kappa shape index (κ1) is 14.7. The molecule has 1 heterocycles. The topological polar surface area (TPSA) is 63.4 Å². The summed E-state index contributed by atoms with van der Waals surface area (Å²) in [5.74, 6) is 0.850. The lowest BCUT2D eigenvalue weighted by molar-refractivity contribution is 0.424. The number of nitrogen functional groups attached to an aromatic ring is 1. The van der Waals surface area contributed by atoms with Crippen LogP contribution in [0.5, 0.6) is 0 Å². The Morgan fingerprint density at radius 2 is 2.21 bits per heavy atom. The van der Waals surface area contributed by atoms with Gasteiger partial charge in [-0.25, -0.2) is 8.42 Å². The third-order valence-electron chi connectivity index (χ3n) is 3.34. The minimum absolute atomic E-state index is 0.307. The van der Waals surface area contributed by atoms with Gasteiger partial charge in [0.15, 0.2) is 0 Å². The molecule has 19 heavy (non-hydrogen) atoms. The van der Waals surface area contributed by atoms with E-state index in [1.165, 1.54) is 0 Å². The van der Waals surface area contributed by atoms with E-state index >= 15 is 0 Å². The molecule has 0 aliphatic carbocycles. The molecule has 1 fully saturated rings. The van der Waals surface area contributed by atoms with Crippen LogP contribution in [0.25, 0.3) is 0 Å². The lowest BCUT2D eigenvalue weighted by Crippen LogP contribution is -2.40. The Kier molecular flexibility index (Phi) is 4.43. The van der Waals surface area contributed by atoms with Crippen molar-refractivity contribution >= 4 is 27.5 Å². The predicted molar refractivity (Wildman–Crippen MR) is 80.9 cm³/mol. The summed E-state index contributed by atoms with van der Waals surface area (Å²) in [6.45, 7) is 5.21. The standard InChI is InChI=1S/C13H20N2O2S2/c1-3-11-4-5-12(8-13(11)14)19(16,17)15-6-7-18-10(2)9-15/h4-5,8,10H,3,6-7,9,14H2,1-2H3. The molecule has 1 aliphatic rings. The summed E-state index contributed by atoms with van der Waals surface area (Å²) in [5.41, 5.74) is 7.44. The van der Waals surface area contributed by atoms with Gasteiger partial charge < -0.3 is 5.73 Å². The van der Waals surface area contributed by atoms with E-state index in [0.717, 1.165) is 17.7 Å². The Hall–Kier alpha value is -0.720. The maximum absolute atomic E-state index is 12.5. The van der Waals surface area contributed by atoms with Gasteiger partial charge in [0.05, 0.1) is 4.90 Å². The second kappa shape index (κ2) is 5.73. The van der Waals surface area contributed by atoms with Gasteiger partial charge in [-0.1, -0.05) is 19.9 Å². The largest absolute Gasteiger partial charge is 0.398 e. The molecule has 1 atom stereocenters. The third kappa shape index (κ3) is 3.07. The maximum Gasteiger partial charge on any atom is 0.243 e. The minimum atomic E-state index is -3.40. The monoisotopic (exact) mass is 300 g/mol. The van der Waals surface area contributed by atoms with Crippen LogP contribution >= 0.6 is 11.8 Å². The van der Waals surface area contributed by atoms with Crippen LogP contribution < -0.4 is 5.73 Å². The van der Waals surface area contributed by atoms with Gasteiger partial charge in [-0.3, -0.25) is 0 Å². The van der Waals surface area contributed by atoms with Crippen molar-refractivity contribution in [2.45, 2.75) is 30.4 Å². The number of aryl methyl sites for hydroxylation is 1. The van der Waals surface area contributed by atoms with Crippen molar-refractivity contribution in [3.05, 3.63) is 23.8 Å². The smallest absolute Gasteiger partial charge is 0.243 e. The lowest BCUT2D eigenvalue weighted by atomic mass is 10.1. The van der Waals surface area contributed by atoms with Crippen molar-refractivity contribution in [3.8, 4) is 0 Å². The zero-order chi connectivity index (χ0) is 14.0. The van der Waals surface area contributed by atoms with Crippen LogP contribution in [0.1, 0.15) is 19.4 Å². The Morgan fingerprint density at radius 1 is 1.47 bits per heavy atom. The summed E-state index contributed by atoms with van der Waals surface area (Å²) >= 11 is 1.81. The first-order valence-corrected chi connectivity index (χ1v) is 8.94. The number of hydrogen-bond acceptors (Lipinski definition) is 4. The number of nitrogens with zero attached hydrogens (tertiary/aromatic N) is 1. The average Bonchev–Trinajstić information content (AvgIpc) is 2.38. The molecule has 6 heteroatoms. The summed E-state index contributed by atoms with van der Waals surface area (Å²) in [7, 11) is -3.40. The fraction of sp³-hybridized carbons (Fsp3) is 0.538. The molecular weight excluding hydrogens is 280 g/mol.